The molecule has 1 atom stereocenters. The Bertz CT molecular complexity index is 513. The second-order valence-corrected chi connectivity index (χ2v) is 5.98. The second kappa shape index (κ2) is 8.69. The summed E-state index contributed by atoms with van der Waals surface area (Å²) in [6.45, 7) is 7.20. The van der Waals surface area contributed by atoms with Gasteiger partial charge in [-0.25, -0.2) is 9.98 Å². The number of nitrogens with two attached hydrogens (primary N) is 1. The number of hydrogen-bond donors (Lipinski definition) is 2. The van der Waals surface area contributed by atoms with E-state index >= 15 is 0 Å². The van der Waals surface area contributed by atoms with Gasteiger partial charge in [-0.3, -0.25) is 0 Å². The number of aliphatic imine (C=N–C) groups is 1. The summed E-state index contributed by atoms with van der Waals surface area (Å²) in [4.78, 5) is 13.6. The van der Waals surface area contributed by atoms with Crippen molar-refractivity contribution >= 4 is 11.8 Å². The van der Waals surface area contributed by atoms with Crippen LogP contribution in [-0.4, -0.2) is 68.8 Å². The maximum Gasteiger partial charge on any atom is 0.189 e. The average Bonchev–Trinajstić information content (AvgIpc) is 2.54. The van der Waals surface area contributed by atoms with Crippen LogP contribution in [0.1, 0.15) is 12.5 Å². The molecule has 1 aromatic rings. The average molecular weight is 320 g/mol. The molecule has 0 saturated carbocycles. The Kier molecular flexibility index (Phi) is 6.61. The maximum absolute atomic E-state index is 5.94. The molecule has 23 heavy (non-hydrogen) atoms. The molecule has 0 spiro atoms. The van der Waals surface area contributed by atoms with Crippen molar-refractivity contribution in [1.82, 2.24) is 15.2 Å². The minimum Gasteiger partial charge on any atom is -0.383 e. The smallest absolute Gasteiger partial charge is 0.189 e. The van der Waals surface area contributed by atoms with Gasteiger partial charge in [0.1, 0.15) is 5.82 Å². The lowest BCUT2D eigenvalue weighted by molar-refractivity contribution is 0.179. The molecule has 7 nitrogen and oxygen atoms in total. The Hall–Kier alpha value is -1.86. The van der Waals surface area contributed by atoms with Gasteiger partial charge in [-0.2, -0.15) is 0 Å². The summed E-state index contributed by atoms with van der Waals surface area (Å²) in [6, 6.07) is 4.15. The van der Waals surface area contributed by atoms with Gasteiger partial charge in [0, 0.05) is 51.1 Å². The van der Waals surface area contributed by atoms with E-state index < -0.39 is 0 Å². The summed E-state index contributed by atoms with van der Waals surface area (Å²) in [6.07, 6.45) is 1.84. The topological polar surface area (TPSA) is 79.0 Å². The third-order valence-corrected chi connectivity index (χ3v) is 3.90. The summed E-state index contributed by atoms with van der Waals surface area (Å²) in [5, 5.41) is 3.12. The molecule has 0 aliphatic carbocycles. The van der Waals surface area contributed by atoms with Gasteiger partial charge in [-0.1, -0.05) is 6.07 Å². The van der Waals surface area contributed by atoms with Gasteiger partial charge in [-0.15, -0.1) is 0 Å². The van der Waals surface area contributed by atoms with Crippen LogP contribution in [-0.2, 0) is 11.3 Å². The number of nitrogens with zero attached hydrogens (tertiary/aromatic N) is 4. The number of hydrogen-bond acceptors (Lipinski definition) is 5. The molecular formula is C16H28N6O. The lowest BCUT2D eigenvalue weighted by atomic mass is 10.2. The lowest BCUT2D eigenvalue weighted by Crippen LogP contribution is -2.45. The number of methoxy groups -OCH3 is 1. The number of anilines is 1. The number of piperazine rings is 1. The van der Waals surface area contributed by atoms with Gasteiger partial charge in [0.2, 0.25) is 0 Å². The Labute approximate surface area is 138 Å². The van der Waals surface area contributed by atoms with E-state index in [4.69, 9.17) is 10.5 Å². The fourth-order valence-corrected chi connectivity index (χ4v) is 2.62. The Morgan fingerprint density at radius 3 is 2.87 bits per heavy atom. The number of rotatable bonds is 6. The van der Waals surface area contributed by atoms with Crippen molar-refractivity contribution in [2.45, 2.75) is 19.5 Å². The second-order valence-electron chi connectivity index (χ2n) is 5.98. The molecule has 2 heterocycles. The zero-order valence-corrected chi connectivity index (χ0v) is 14.3. The van der Waals surface area contributed by atoms with Crippen LogP contribution in [0, 0.1) is 0 Å². The SMILES string of the molecule is COCC(C)NC(N)=NCc1cccnc1N1CCN(C)CC1. The molecule has 2 rings (SSSR count). The molecule has 1 unspecified atom stereocenters. The fraction of sp³-hybridized carbons (Fsp3) is 0.625. The third-order valence-electron chi connectivity index (χ3n) is 3.90. The zero-order chi connectivity index (χ0) is 16.7. The highest BCUT2D eigenvalue weighted by molar-refractivity contribution is 5.78. The van der Waals surface area contributed by atoms with Crippen LogP contribution in [0.15, 0.2) is 23.3 Å². The first-order chi connectivity index (χ1) is 11.1. The van der Waals surface area contributed by atoms with Gasteiger partial charge >= 0.3 is 0 Å². The van der Waals surface area contributed by atoms with Crippen LogP contribution < -0.4 is 16.0 Å². The van der Waals surface area contributed by atoms with Gasteiger partial charge in [0.15, 0.2) is 5.96 Å². The van der Waals surface area contributed by atoms with Gasteiger partial charge in [0.25, 0.3) is 0 Å². The summed E-state index contributed by atoms with van der Waals surface area (Å²) in [5.41, 5.74) is 7.04. The first kappa shape index (κ1) is 17.5. The Morgan fingerprint density at radius 2 is 2.17 bits per heavy atom. The largest absolute Gasteiger partial charge is 0.383 e. The summed E-state index contributed by atoms with van der Waals surface area (Å²) in [5.74, 6) is 1.45. The number of guanidine groups is 1. The molecule has 0 aromatic carbocycles. The minimum absolute atomic E-state index is 0.134. The van der Waals surface area contributed by atoms with Crippen molar-refractivity contribution in [2.75, 3.05) is 51.8 Å². The standard InChI is InChI=1S/C16H28N6O/c1-13(12-23-3)20-16(17)19-11-14-5-4-6-18-15(14)22-9-7-21(2)8-10-22/h4-6,13H,7-12H2,1-3H3,(H3,17,19,20). The monoisotopic (exact) mass is 320 g/mol. The van der Waals surface area contributed by atoms with E-state index in [1.54, 1.807) is 7.11 Å². The van der Waals surface area contributed by atoms with Crippen LogP contribution >= 0.6 is 0 Å². The minimum atomic E-state index is 0.134. The van der Waals surface area contributed by atoms with Crippen molar-refractivity contribution in [3.63, 3.8) is 0 Å². The molecule has 0 radical (unpaired) electrons. The van der Waals surface area contributed by atoms with Gasteiger partial charge in [-0.05, 0) is 20.0 Å². The third kappa shape index (κ3) is 5.37. The predicted molar refractivity (Wildman–Crippen MR) is 93.7 cm³/mol. The number of aromatic nitrogens is 1. The molecule has 1 saturated heterocycles. The molecule has 128 valence electrons. The molecule has 0 amide bonds. The van der Waals surface area contributed by atoms with Crippen LogP contribution in [0.5, 0.6) is 0 Å². The number of likely N-dealkylation sites (N-methyl/N-ethyl adjacent to an activating group) is 1. The van der Waals surface area contributed by atoms with Crippen molar-refractivity contribution in [3.05, 3.63) is 23.9 Å². The first-order valence-corrected chi connectivity index (χ1v) is 8.03. The van der Waals surface area contributed by atoms with E-state index in [2.05, 4.69) is 38.2 Å². The molecule has 1 aliphatic heterocycles. The molecule has 0 bridgehead atoms. The van der Waals surface area contributed by atoms with E-state index in [9.17, 15) is 0 Å². The summed E-state index contributed by atoms with van der Waals surface area (Å²) < 4.78 is 5.08. The highest BCUT2D eigenvalue weighted by Crippen LogP contribution is 2.19. The van der Waals surface area contributed by atoms with E-state index in [1.807, 2.05) is 19.2 Å². The summed E-state index contributed by atoms with van der Waals surface area (Å²) in [7, 11) is 3.82. The van der Waals surface area contributed by atoms with Crippen LogP contribution in [0.4, 0.5) is 5.82 Å². The van der Waals surface area contributed by atoms with Crippen molar-refractivity contribution in [1.29, 1.82) is 0 Å². The molecule has 1 fully saturated rings. The molecular weight excluding hydrogens is 292 g/mol. The normalized spacial score (nSPS) is 18.0. The quantitative estimate of drug-likeness (QED) is 0.579. The van der Waals surface area contributed by atoms with Crippen molar-refractivity contribution in [3.8, 4) is 0 Å². The highest BCUT2D eigenvalue weighted by Gasteiger charge is 2.17. The molecule has 7 heteroatoms. The number of ether oxygens (including phenoxy) is 1. The van der Waals surface area contributed by atoms with Crippen molar-refractivity contribution < 1.29 is 4.74 Å². The Morgan fingerprint density at radius 1 is 1.43 bits per heavy atom. The summed E-state index contributed by atoms with van der Waals surface area (Å²) >= 11 is 0. The molecule has 1 aromatic heterocycles. The van der Waals surface area contributed by atoms with Crippen LogP contribution in [0.3, 0.4) is 0 Å². The molecule has 3 N–H and O–H groups in total. The number of pyridine rings is 1. The van der Waals surface area contributed by atoms with Crippen LogP contribution in [0.2, 0.25) is 0 Å². The number of nitrogens with one attached hydrogen (secondary N) is 1. The van der Waals surface area contributed by atoms with Crippen LogP contribution in [0.25, 0.3) is 0 Å². The Balaban J connectivity index is 2.00. The van der Waals surface area contributed by atoms with E-state index in [0.717, 1.165) is 37.6 Å². The van der Waals surface area contributed by atoms with Gasteiger partial charge in [0.05, 0.1) is 13.2 Å². The molecule has 1 aliphatic rings. The van der Waals surface area contributed by atoms with E-state index in [-0.39, 0.29) is 6.04 Å². The first-order valence-electron chi connectivity index (χ1n) is 8.03. The van der Waals surface area contributed by atoms with E-state index in [0.29, 0.717) is 19.1 Å². The lowest BCUT2D eigenvalue weighted by Gasteiger charge is -2.34. The maximum atomic E-state index is 5.94. The van der Waals surface area contributed by atoms with Crippen molar-refractivity contribution in [2.24, 2.45) is 10.7 Å². The predicted octanol–water partition coefficient (Wildman–Crippen LogP) is 0.273. The fourth-order valence-electron chi connectivity index (χ4n) is 2.62. The zero-order valence-electron chi connectivity index (χ0n) is 14.3. The van der Waals surface area contributed by atoms with Gasteiger partial charge < -0.3 is 25.6 Å². The van der Waals surface area contributed by atoms with E-state index in [1.165, 1.54) is 0 Å². The highest BCUT2D eigenvalue weighted by atomic mass is 16.5.